The second-order valence-corrected chi connectivity index (χ2v) is 6.66. The average Bonchev–Trinajstić information content (AvgIpc) is 3.20. The first kappa shape index (κ1) is 25.5. The Hall–Kier alpha value is -3.52. The summed E-state index contributed by atoms with van der Waals surface area (Å²) in [7, 11) is 0. The van der Waals surface area contributed by atoms with Gasteiger partial charge in [-0.3, -0.25) is 19.2 Å². The number of imidazole rings is 1. The van der Waals surface area contributed by atoms with Gasteiger partial charge in [-0.1, -0.05) is 0 Å². The molecule has 4 atom stereocenters. The van der Waals surface area contributed by atoms with Crippen molar-refractivity contribution in [2.75, 3.05) is 6.54 Å². The predicted molar refractivity (Wildman–Crippen MR) is 103 cm³/mol. The van der Waals surface area contributed by atoms with E-state index in [1.807, 2.05) is 0 Å². The Morgan fingerprint density at radius 1 is 1.10 bits per heavy atom. The van der Waals surface area contributed by atoms with Crippen LogP contribution in [0.15, 0.2) is 12.5 Å². The van der Waals surface area contributed by atoms with Gasteiger partial charge in [0.2, 0.25) is 17.7 Å². The molecule has 0 bridgehead atoms. The molecule has 1 rings (SSSR count). The van der Waals surface area contributed by atoms with E-state index in [1.165, 1.54) is 12.5 Å². The van der Waals surface area contributed by atoms with Crippen molar-refractivity contribution in [3.8, 4) is 0 Å². The van der Waals surface area contributed by atoms with Crippen molar-refractivity contribution in [3.05, 3.63) is 18.2 Å². The Bertz CT molecular complexity index is 782. The van der Waals surface area contributed by atoms with Crippen LogP contribution in [0, 0.1) is 0 Å². The van der Waals surface area contributed by atoms with Gasteiger partial charge in [-0.05, 0) is 13.3 Å². The van der Waals surface area contributed by atoms with E-state index >= 15 is 0 Å². The maximum absolute atomic E-state index is 12.7. The van der Waals surface area contributed by atoms with E-state index in [0.29, 0.717) is 5.69 Å². The summed E-state index contributed by atoms with van der Waals surface area (Å²) in [5, 5.41) is 34.3. The molecule has 0 aromatic carbocycles. The number of nitrogens with one attached hydrogen (secondary N) is 4. The number of nitrogens with zero attached hydrogens (tertiary/aromatic N) is 1. The Kier molecular flexibility index (Phi) is 10.1. The summed E-state index contributed by atoms with van der Waals surface area (Å²) in [6, 6.07) is -4.29. The minimum atomic E-state index is -1.67. The van der Waals surface area contributed by atoms with Crippen molar-refractivity contribution in [1.29, 1.82) is 0 Å². The Balaban J connectivity index is 3.00. The minimum absolute atomic E-state index is 0.0315. The summed E-state index contributed by atoms with van der Waals surface area (Å²) >= 11 is 0. The number of aliphatic hydroxyl groups excluding tert-OH is 1. The molecule has 0 aliphatic rings. The SMILES string of the molecule is CC(O)C(NC(=O)C(CCC(=O)O)NC(=O)C(Cc1cnc[nH]1)NC(=O)CN)C(=O)O. The van der Waals surface area contributed by atoms with E-state index in [1.54, 1.807) is 0 Å². The smallest absolute Gasteiger partial charge is 0.328 e. The Morgan fingerprint density at radius 2 is 1.74 bits per heavy atom. The monoisotopic (exact) mass is 442 g/mol. The standard InChI is InChI=1S/C17H26N6O8/c1-8(24)14(17(30)31)23-15(28)10(2-3-13(26)27)22-16(29)11(21-12(25)5-18)4-9-6-19-7-20-9/h6-8,10-11,14,24H,2-5,18H2,1H3,(H,19,20)(H,21,25)(H,22,29)(H,23,28)(H,26,27)(H,30,31). The number of carbonyl (C=O) groups is 5. The van der Waals surface area contributed by atoms with Crippen molar-refractivity contribution in [2.45, 2.75) is 50.4 Å². The molecule has 0 fully saturated rings. The fourth-order valence-corrected chi connectivity index (χ4v) is 2.53. The molecule has 4 unspecified atom stereocenters. The zero-order chi connectivity index (χ0) is 23.6. The molecule has 31 heavy (non-hydrogen) atoms. The lowest BCUT2D eigenvalue weighted by molar-refractivity contribution is -0.145. The number of rotatable bonds is 13. The lowest BCUT2D eigenvalue weighted by atomic mass is 10.1. The fraction of sp³-hybridized carbons (Fsp3) is 0.529. The third-order valence-corrected chi connectivity index (χ3v) is 4.14. The molecule has 14 heteroatoms. The number of aliphatic hydroxyl groups is 1. The zero-order valence-electron chi connectivity index (χ0n) is 16.7. The molecule has 1 aromatic rings. The predicted octanol–water partition coefficient (Wildman–Crippen LogP) is -3.30. The Labute approximate surface area is 176 Å². The number of aliphatic carboxylic acids is 2. The van der Waals surface area contributed by atoms with Crippen LogP contribution in [-0.2, 0) is 30.4 Å². The van der Waals surface area contributed by atoms with Crippen LogP contribution >= 0.6 is 0 Å². The van der Waals surface area contributed by atoms with Crippen LogP contribution in [0.3, 0.4) is 0 Å². The summed E-state index contributed by atoms with van der Waals surface area (Å²) in [6.07, 6.45) is 0.431. The van der Waals surface area contributed by atoms with Crippen LogP contribution in [0.25, 0.3) is 0 Å². The molecule has 0 saturated heterocycles. The lowest BCUT2D eigenvalue weighted by Crippen LogP contribution is -2.58. The van der Waals surface area contributed by atoms with Crippen LogP contribution in [0.1, 0.15) is 25.5 Å². The number of aromatic amines is 1. The number of H-pyrrole nitrogens is 1. The van der Waals surface area contributed by atoms with Crippen molar-refractivity contribution >= 4 is 29.7 Å². The fourth-order valence-electron chi connectivity index (χ4n) is 2.53. The normalized spacial score (nSPS) is 14.5. The molecule has 1 heterocycles. The van der Waals surface area contributed by atoms with E-state index in [4.69, 9.17) is 15.9 Å². The van der Waals surface area contributed by atoms with Gasteiger partial charge in [0.1, 0.15) is 12.1 Å². The quantitative estimate of drug-likeness (QED) is 0.151. The van der Waals surface area contributed by atoms with Crippen molar-refractivity contribution < 1.29 is 39.3 Å². The van der Waals surface area contributed by atoms with Crippen LogP contribution in [0.4, 0.5) is 0 Å². The van der Waals surface area contributed by atoms with E-state index in [-0.39, 0.29) is 12.8 Å². The highest BCUT2D eigenvalue weighted by Gasteiger charge is 2.31. The summed E-state index contributed by atoms with van der Waals surface area (Å²) in [5.41, 5.74) is 5.75. The molecule has 1 aromatic heterocycles. The van der Waals surface area contributed by atoms with Gasteiger partial charge in [0.05, 0.1) is 19.0 Å². The number of hydrogen-bond acceptors (Lipinski definition) is 8. The highest BCUT2D eigenvalue weighted by Crippen LogP contribution is 2.04. The Morgan fingerprint density at radius 3 is 2.23 bits per heavy atom. The number of carboxylic acids is 2. The second kappa shape index (κ2) is 12.2. The van der Waals surface area contributed by atoms with Crippen LogP contribution in [0.5, 0.6) is 0 Å². The first-order valence-corrected chi connectivity index (χ1v) is 9.25. The van der Waals surface area contributed by atoms with E-state index in [2.05, 4.69) is 25.9 Å². The third-order valence-electron chi connectivity index (χ3n) is 4.14. The molecule has 3 amide bonds. The zero-order valence-corrected chi connectivity index (χ0v) is 16.7. The minimum Gasteiger partial charge on any atom is -0.481 e. The molecule has 0 aliphatic heterocycles. The van der Waals surface area contributed by atoms with Crippen LogP contribution in [-0.4, -0.2) is 85.7 Å². The summed E-state index contributed by atoms with van der Waals surface area (Å²) < 4.78 is 0. The molecule has 0 aliphatic carbocycles. The molecular formula is C17H26N6O8. The second-order valence-electron chi connectivity index (χ2n) is 6.66. The van der Waals surface area contributed by atoms with E-state index in [0.717, 1.165) is 6.92 Å². The average molecular weight is 442 g/mol. The van der Waals surface area contributed by atoms with Crippen molar-refractivity contribution in [2.24, 2.45) is 5.73 Å². The highest BCUT2D eigenvalue weighted by molar-refractivity contribution is 5.94. The van der Waals surface area contributed by atoms with Crippen LogP contribution < -0.4 is 21.7 Å². The molecule has 172 valence electrons. The van der Waals surface area contributed by atoms with Gasteiger partial charge in [0.25, 0.3) is 0 Å². The topological polar surface area (TPSA) is 237 Å². The van der Waals surface area contributed by atoms with Gasteiger partial charge in [-0.25, -0.2) is 9.78 Å². The van der Waals surface area contributed by atoms with Gasteiger partial charge < -0.3 is 42.0 Å². The maximum Gasteiger partial charge on any atom is 0.328 e. The molecular weight excluding hydrogens is 416 g/mol. The van der Waals surface area contributed by atoms with Crippen LogP contribution in [0.2, 0.25) is 0 Å². The number of nitrogens with two attached hydrogens (primary N) is 1. The largest absolute Gasteiger partial charge is 0.481 e. The van der Waals surface area contributed by atoms with Gasteiger partial charge in [-0.2, -0.15) is 0 Å². The first-order valence-electron chi connectivity index (χ1n) is 9.25. The van der Waals surface area contributed by atoms with Gasteiger partial charge >= 0.3 is 11.9 Å². The van der Waals surface area contributed by atoms with Crippen molar-refractivity contribution in [3.63, 3.8) is 0 Å². The van der Waals surface area contributed by atoms with Gasteiger partial charge in [0.15, 0.2) is 6.04 Å². The summed E-state index contributed by atoms with van der Waals surface area (Å²) in [4.78, 5) is 65.6. The maximum atomic E-state index is 12.7. The van der Waals surface area contributed by atoms with Crippen molar-refractivity contribution in [1.82, 2.24) is 25.9 Å². The van der Waals surface area contributed by atoms with E-state index in [9.17, 15) is 29.1 Å². The molecule has 0 spiro atoms. The highest BCUT2D eigenvalue weighted by atomic mass is 16.4. The van der Waals surface area contributed by atoms with Gasteiger partial charge in [-0.15, -0.1) is 0 Å². The number of amides is 3. The third kappa shape index (κ3) is 8.79. The van der Waals surface area contributed by atoms with E-state index < -0.39 is 66.9 Å². The number of carbonyl (C=O) groups excluding carboxylic acids is 3. The number of aromatic nitrogens is 2. The number of hydrogen-bond donors (Lipinski definition) is 8. The first-order chi connectivity index (χ1) is 14.5. The molecule has 14 nitrogen and oxygen atoms in total. The summed E-state index contributed by atoms with van der Waals surface area (Å²) in [6.45, 7) is 0.747. The molecule has 0 radical (unpaired) electrons. The molecule has 9 N–H and O–H groups in total. The van der Waals surface area contributed by atoms with Gasteiger partial charge in [0, 0.05) is 24.7 Å². The summed E-state index contributed by atoms with van der Waals surface area (Å²) in [5.74, 6) is -5.24. The number of carboxylic acid groups (broad SMARTS) is 2. The molecule has 0 saturated carbocycles. The lowest BCUT2D eigenvalue weighted by Gasteiger charge is -2.24.